The van der Waals surface area contributed by atoms with Crippen LogP contribution in [0.3, 0.4) is 0 Å². The van der Waals surface area contributed by atoms with E-state index in [1.54, 1.807) is 0 Å². The Hall–Kier alpha value is -0.600. The van der Waals surface area contributed by atoms with Gasteiger partial charge >= 0.3 is 0 Å². The van der Waals surface area contributed by atoms with Gasteiger partial charge in [0.15, 0.2) is 0 Å². The van der Waals surface area contributed by atoms with Crippen molar-refractivity contribution in [1.29, 1.82) is 0 Å². The minimum atomic E-state index is 0.324. The first kappa shape index (κ1) is 10.4. The average Bonchev–Trinajstić information content (AvgIpc) is 2.01. The van der Waals surface area contributed by atoms with Crippen molar-refractivity contribution < 1.29 is 4.84 Å². The van der Waals surface area contributed by atoms with E-state index in [0.29, 0.717) is 12.6 Å². The van der Waals surface area contributed by atoms with E-state index in [-0.39, 0.29) is 0 Å². The molecule has 2 nitrogen and oxygen atoms in total. The maximum Gasteiger partial charge on any atom is 0.0654 e. The number of nitrogens with one attached hydrogen (secondary N) is 1. The van der Waals surface area contributed by atoms with Gasteiger partial charge in [-0.15, -0.1) is 13.2 Å². The van der Waals surface area contributed by atoms with Crippen molar-refractivity contribution in [1.82, 2.24) is 5.48 Å². The molecule has 0 aromatic carbocycles. The Kier molecular flexibility index (Phi) is 7.10. The highest BCUT2D eigenvalue weighted by Gasteiger charge is 2.01. The molecule has 0 amide bonds. The highest BCUT2D eigenvalue weighted by Crippen LogP contribution is 1.98. The summed E-state index contributed by atoms with van der Waals surface area (Å²) in [5.74, 6) is 0. The van der Waals surface area contributed by atoms with E-state index in [1.807, 2.05) is 19.1 Å². The maximum atomic E-state index is 5.06. The molecule has 0 heterocycles. The summed E-state index contributed by atoms with van der Waals surface area (Å²) < 4.78 is 0. The monoisotopic (exact) mass is 155 g/mol. The Morgan fingerprint density at radius 2 is 1.91 bits per heavy atom. The molecule has 0 radical (unpaired) electrons. The molecule has 2 heteroatoms. The van der Waals surface area contributed by atoms with Crippen LogP contribution in [0.1, 0.15) is 19.8 Å². The molecule has 0 aliphatic heterocycles. The van der Waals surface area contributed by atoms with E-state index in [0.717, 1.165) is 12.8 Å². The number of hydrogen-bond acceptors (Lipinski definition) is 2. The standard InChI is InChI=1S/C9H17NO/c1-4-7-9(8-5-2)10-11-6-3/h4-5,9-10H,1-2,6-8H2,3H3. The first-order chi connectivity index (χ1) is 5.35. The molecule has 64 valence electrons. The van der Waals surface area contributed by atoms with E-state index < -0.39 is 0 Å². The van der Waals surface area contributed by atoms with E-state index in [9.17, 15) is 0 Å². The Labute approximate surface area is 68.9 Å². The highest BCUT2D eigenvalue weighted by atomic mass is 16.6. The maximum absolute atomic E-state index is 5.06. The summed E-state index contributed by atoms with van der Waals surface area (Å²) >= 11 is 0. The van der Waals surface area contributed by atoms with Crippen LogP contribution in [0.15, 0.2) is 25.3 Å². The molecular weight excluding hydrogens is 138 g/mol. The lowest BCUT2D eigenvalue weighted by Crippen LogP contribution is -2.28. The van der Waals surface area contributed by atoms with Gasteiger partial charge in [-0.1, -0.05) is 12.2 Å². The SMILES string of the molecule is C=CCC(CC=C)NOCC. The van der Waals surface area contributed by atoms with E-state index in [4.69, 9.17) is 4.84 Å². The molecule has 0 bridgehead atoms. The molecule has 1 N–H and O–H groups in total. The zero-order valence-electron chi connectivity index (χ0n) is 7.18. The second-order valence-electron chi connectivity index (χ2n) is 2.30. The molecule has 0 aromatic rings. The highest BCUT2D eigenvalue weighted by molar-refractivity contribution is 4.82. The van der Waals surface area contributed by atoms with Crippen molar-refractivity contribution in [3.8, 4) is 0 Å². The van der Waals surface area contributed by atoms with Crippen LogP contribution in [-0.2, 0) is 4.84 Å². The van der Waals surface area contributed by atoms with E-state index in [1.165, 1.54) is 0 Å². The van der Waals surface area contributed by atoms with Crippen LogP contribution >= 0.6 is 0 Å². The lowest BCUT2D eigenvalue weighted by atomic mass is 10.1. The summed E-state index contributed by atoms with van der Waals surface area (Å²) in [5.41, 5.74) is 2.93. The molecule has 0 spiro atoms. The smallest absolute Gasteiger partial charge is 0.0654 e. The predicted octanol–water partition coefficient (Wildman–Crippen LogP) is 2.05. The summed E-state index contributed by atoms with van der Waals surface area (Å²) in [7, 11) is 0. The molecule has 0 saturated heterocycles. The predicted molar refractivity (Wildman–Crippen MR) is 48.2 cm³/mol. The van der Waals surface area contributed by atoms with Gasteiger partial charge < -0.3 is 4.84 Å². The molecular formula is C9H17NO. The molecule has 11 heavy (non-hydrogen) atoms. The van der Waals surface area contributed by atoms with Crippen LogP contribution in [0.2, 0.25) is 0 Å². The molecule has 0 atom stereocenters. The van der Waals surface area contributed by atoms with Crippen molar-refractivity contribution in [2.45, 2.75) is 25.8 Å². The van der Waals surface area contributed by atoms with Gasteiger partial charge in [-0.05, 0) is 19.8 Å². The van der Waals surface area contributed by atoms with Crippen molar-refractivity contribution in [3.63, 3.8) is 0 Å². The normalized spacial score (nSPS) is 10.0. The molecule has 0 fully saturated rings. The van der Waals surface area contributed by atoms with Crippen molar-refractivity contribution in [2.75, 3.05) is 6.61 Å². The Morgan fingerprint density at radius 1 is 1.36 bits per heavy atom. The molecule has 0 aliphatic rings. The fourth-order valence-electron chi connectivity index (χ4n) is 0.796. The largest absolute Gasteiger partial charge is 0.302 e. The zero-order chi connectivity index (χ0) is 8.53. The van der Waals surface area contributed by atoms with Gasteiger partial charge in [0.25, 0.3) is 0 Å². The molecule has 0 saturated carbocycles. The molecule has 0 unspecified atom stereocenters. The van der Waals surface area contributed by atoms with Gasteiger partial charge in [0.2, 0.25) is 0 Å². The van der Waals surface area contributed by atoms with Crippen molar-refractivity contribution in [3.05, 3.63) is 25.3 Å². The number of hydrogen-bond donors (Lipinski definition) is 1. The minimum absolute atomic E-state index is 0.324. The van der Waals surface area contributed by atoms with Gasteiger partial charge in [0.1, 0.15) is 0 Å². The average molecular weight is 155 g/mol. The second-order valence-corrected chi connectivity index (χ2v) is 2.30. The lowest BCUT2D eigenvalue weighted by Gasteiger charge is -2.13. The molecule has 0 aliphatic carbocycles. The van der Waals surface area contributed by atoms with Gasteiger partial charge in [-0.25, -0.2) is 0 Å². The van der Waals surface area contributed by atoms with Crippen LogP contribution in [0.5, 0.6) is 0 Å². The van der Waals surface area contributed by atoms with Gasteiger partial charge in [0.05, 0.1) is 6.61 Å². The van der Waals surface area contributed by atoms with E-state index in [2.05, 4.69) is 18.6 Å². The van der Waals surface area contributed by atoms with Gasteiger partial charge in [-0.2, -0.15) is 5.48 Å². The topological polar surface area (TPSA) is 21.3 Å². The third-order valence-corrected chi connectivity index (χ3v) is 1.30. The van der Waals surface area contributed by atoms with Crippen molar-refractivity contribution in [2.24, 2.45) is 0 Å². The number of rotatable bonds is 7. The van der Waals surface area contributed by atoms with Crippen LogP contribution in [0, 0.1) is 0 Å². The first-order valence-corrected chi connectivity index (χ1v) is 3.94. The fourth-order valence-corrected chi connectivity index (χ4v) is 0.796. The molecule has 0 rings (SSSR count). The van der Waals surface area contributed by atoms with Crippen molar-refractivity contribution >= 4 is 0 Å². The number of hydroxylamine groups is 1. The van der Waals surface area contributed by atoms with Crippen LogP contribution < -0.4 is 5.48 Å². The summed E-state index contributed by atoms with van der Waals surface area (Å²) in [6.45, 7) is 9.96. The molecule has 0 aromatic heterocycles. The zero-order valence-corrected chi connectivity index (χ0v) is 7.18. The van der Waals surface area contributed by atoms with Crippen LogP contribution in [0.25, 0.3) is 0 Å². The van der Waals surface area contributed by atoms with Gasteiger partial charge in [-0.3, -0.25) is 0 Å². The summed E-state index contributed by atoms with van der Waals surface area (Å²) in [6, 6.07) is 0.324. The summed E-state index contributed by atoms with van der Waals surface area (Å²) in [4.78, 5) is 5.06. The Balaban J connectivity index is 3.49. The van der Waals surface area contributed by atoms with Gasteiger partial charge in [0, 0.05) is 6.04 Å². The minimum Gasteiger partial charge on any atom is -0.302 e. The second kappa shape index (κ2) is 7.51. The Bertz CT molecular complexity index is 102. The van der Waals surface area contributed by atoms with E-state index >= 15 is 0 Å². The fraction of sp³-hybridized carbons (Fsp3) is 0.556. The van der Waals surface area contributed by atoms with Crippen LogP contribution in [-0.4, -0.2) is 12.6 Å². The quantitative estimate of drug-likeness (QED) is 0.449. The van der Waals surface area contributed by atoms with Crippen LogP contribution in [0.4, 0.5) is 0 Å². The summed E-state index contributed by atoms with van der Waals surface area (Å²) in [5, 5.41) is 0. The third-order valence-electron chi connectivity index (χ3n) is 1.30. The first-order valence-electron chi connectivity index (χ1n) is 3.94. The lowest BCUT2D eigenvalue weighted by molar-refractivity contribution is 0.0259. The summed E-state index contributed by atoms with van der Waals surface area (Å²) in [6.07, 6.45) is 5.57. The third kappa shape index (κ3) is 5.83. The Morgan fingerprint density at radius 3 is 2.27 bits per heavy atom.